The van der Waals surface area contributed by atoms with Gasteiger partial charge in [-0.05, 0) is 62.7 Å². The van der Waals surface area contributed by atoms with E-state index in [2.05, 4.69) is 46.2 Å². The lowest BCUT2D eigenvalue weighted by molar-refractivity contribution is 0.357. The normalized spacial score (nSPS) is 11.2. The highest BCUT2D eigenvalue weighted by atomic mass is 32.1. The SMILES string of the molecule is CCN(C)CCc1cc(C)c(Oc2nc(-c3cncc(F)c3)ns2)cc1C. The molecule has 0 radical (unpaired) electrons. The summed E-state index contributed by atoms with van der Waals surface area (Å²) in [7, 11) is 2.13. The number of nitrogens with zero attached hydrogens (tertiary/aromatic N) is 4. The molecule has 3 rings (SSSR count). The van der Waals surface area contributed by atoms with Crippen LogP contribution in [-0.4, -0.2) is 39.4 Å². The van der Waals surface area contributed by atoms with E-state index in [-0.39, 0.29) is 0 Å². The predicted molar refractivity (Wildman–Crippen MR) is 106 cm³/mol. The molecule has 0 saturated carbocycles. The van der Waals surface area contributed by atoms with E-state index in [1.165, 1.54) is 23.4 Å². The van der Waals surface area contributed by atoms with E-state index in [0.717, 1.165) is 48.6 Å². The maximum atomic E-state index is 13.3. The summed E-state index contributed by atoms with van der Waals surface area (Å²) in [6, 6.07) is 5.57. The zero-order chi connectivity index (χ0) is 19.4. The molecule has 2 heterocycles. The number of rotatable bonds is 7. The van der Waals surface area contributed by atoms with E-state index in [9.17, 15) is 4.39 Å². The van der Waals surface area contributed by atoms with Crippen LogP contribution in [0.5, 0.6) is 10.9 Å². The number of likely N-dealkylation sites (N-methyl/N-ethyl adjacent to an activating group) is 1. The van der Waals surface area contributed by atoms with Crippen LogP contribution in [0, 0.1) is 19.7 Å². The van der Waals surface area contributed by atoms with Gasteiger partial charge < -0.3 is 9.64 Å². The number of hydrogen-bond donors (Lipinski definition) is 0. The van der Waals surface area contributed by atoms with Crippen LogP contribution < -0.4 is 4.74 Å². The first-order valence-electron chi connectivity index (χ1n) is 8.87. The van der Waals surface area contributed by atoms with E-state index in [1.807, 2.05) is 13.0 Å². The highest BCUT2D eigenvalue weighted by molar-refractivity contribution is 7.07. The molecule has 5 nitrogen and oxygen atoms in total. The highest BCUT2D eigenvalue weighted by Crippen LogP contribution is 2.31. The van der Waals surface area contributed by atoms with E-state index in [0.29, 0.717) is 16.6 Å². The Morgan fingerprint density at radius 3 is 2.70 bits per heavy atom. The van der Waals surface area contributed by atoms with Crippen molar-refractivity contribution in [2.24, 2.45) is 0 Å². The lowest BCUT2D eigenvalue weighted by Crippen LogP contribution is -2.20. The third kappa shape index (κ3) is 4.87. The fourth-order valence-electron chi connectivity index (χ4n) is 2.69. The first kappa shape index (κ1) is 19.4. The minimum absolute atomic E-state index is 0.413. The molecule has 0 N–H and O–H groups in total. The van der Waals surface area contributed by atoms with Crippen LogP contribution >= 0.6 is 11.5 Å². The van der Waals surface area contributed by atoms with Gasteiger partial charge in [-0.25, -0.2) is 4.39 Å². The quantitative estimate of drug-likeness (QED) is 0.592. The fourth-order valence-corrected chi connectivity index (χ4v) is 3.26. The second-order valence-corrected chi connectivity index (χ2v) is 7.28. The van der Waals surface area contributed by atoms with Gasteiger partial charge in [-0.1, -0.05) is 13.0 Å². The summed E-state index contributed by atoms with van der Waals surface area (Å²) < 4.78 is 23.5. The summed E-state index contributed by atoms with van der Waals surface area (Å²) in [4.78, 5) is 10.5. The number of aryl methyl sites for hydroxylation is 2. The van der Waals surface area contributed by atoms with Gasteiger partial charge in [-0.15, -0.1) is 0 Å². The largest absolute Gasteiger partial charge is 0.430 e. The van der Waals surface area contributed by atoms with Crippen molar-refractivity contribution in [2.45, 2.75) is 27.2 Å². The molecule has 0 fully saturated rings. The number of pyridine rings is 1. The highest BCUT2D eigenvalue weighted by Gasteiger charge is 2.12. The Labute approximate surface area is 163 Å². The molecular weight excluding hydrogens is 363 g/mol. The van der Waals surface area contributed by atoms with Crippen molar-refractivity contribution in [1.29, 1.82) is 0 Å². The summed E-state index contributed by atoms with van der Waals surface area (Å²) in [5, 5.41) is 0.426. The molecule has 142 valence electrons. The lowest BCUT2D eigenvalue weighted by Gasteiger charge is -2.16. The predicted octanol–water partition coefficient (Wildman–Crippen LogP) is 4.64. The summed E-state index contributed by atoms with van der Waals surface area (Å²) in [6.45, 7) is 8.35. The Bertz CT molecular complexity index is 928. The maximum Gasteiger partial charge on any atom is 0.299 e. The van der Waals surface area contributed by atoms with Crippen molar-refractivity contribution in [3.8, 4) is 22.3 Å². The lowest BCUT2D eigenvalue weighted by atomic mass is 10.0. The molecule has 0 saturated heterocycles. The summed E-state index contributed by atoms with van der Waals surface area (Å²) in [5.74, 6) is 0.760. The van der Waals surface area contributed by atoms with Crippen LogP contribution in [0.15, 0.2) is 30.6 Å². The van der Waals surface area contributed by atoms with Gasteiger partial charge in [0, 0.05) is 29.8 Å². The first-order chi connectivity index (χ1) is 13.0. The van der Waals surface area contributed by atoms with Gasteiger partial charge in [-0.2, -0.15) is 9.36 Å². The molecule has 7 heteroatoms. The average Bonchev–Trinajstić information content (AvgIpc) is 3.11. The van der Waals surface area contributed by atoms with E-state index < -0.39 is 5.82 Å². The van der Waals surface area contributed by atoms with Crippen molar-refractivity contribution in [3.05, 3.63) is 53.1 Å². The molecule has 0 aliphatic heterocycles. The molecule has 2 aromatic heterocycles. The molecule has 3 aromatic rings. The topological polar surface area (TPSA) is 51.1 Å². The van der Waals surface area contributed by atoms with Gasteiger partial charge >= 0.3 is 0 Å². The Hall–Kier alpha value is -2.38. The van der Waals surface area contributed by atoms with Crippen molar-refractivity contribution in [3.63, 3.8) is 0 Å². The second-order valence-electron chi connectivity index (χ2n) is 6.57. The van der Waals surface area contributed by atoms with E-state index >= 15 is 0 Å². The molecule has 0 unspecified atom stereocenters. The van der Waals surface area contributed by atoms with Crippen molar-refractivity contribution in [1.82, 2.24) is 19.2 Å². The zero-order valence-corrected chi connectivity index (χ0v) is 16.8. The van der Waals surface area contributed by atoms with Gasteiger partial charge in [0.1, 0.15) is 11.6 Å². The summed E-state index contributed by atoms with van der Waals surface area (Å²) in [5.41, 5.74) is 4.10. The average molecular weight is 386 g/mol. The second kappa shape index (κ2) is 8.54. The fraction of sp³-hybridized carbons (Fsp3) is 0.350. The van der Waals surface area contributed by atoms with Crippen LogP contribution in [0.1, 0.15) is 23.6 Å². The minimum atomic E-state index is -0.416. The third-order valence-electron chi connectivity index (χ3n) is 4.50. The molecular formula is C20H23FN4OS. The molecule has 0 aliphatic carbocycles. The number of halogens is 1. The zero-order valence-electron chi connectivity index (χ0n) is 16.0. The van der Waals surface area contributed by atoms with E-state index in [4.69, 9.17) is 4.74 Å². The van der Waals surface area contributed by atoms with Gasteiger partial charge in [-0.3, -0.25) is 4.98 Å². The molecule has 0 atom stereocenters. The summed E-state index contributed by atoms with van der Waals surface area (Å²) >= 11 is 1.14. The van der Waals surface area contributed by atoms with Crippen molar-refractivity contribution in [2.75, 3.05) is 20.1 Å². The number of benzene rings is 1. The minimum Gasteiger partial charge on any atom is -0.430 e. The Morgan fingerprint density at radius 2 is 1.96 bits per heavy atom. The molecule has 27 heavy (non-hydrogen) atoms. The monoisotopic (exact) mass is 386 g/mol. The Kier molecular flexibility index (Phi) is 6.13. The number of hydrogen-bond acceptors (Lipinski definition) is 6. The molecule has 0 spiro atoms. The Morgan fingerprint density at radius 1 is 1.15 bits per heavy atom. The molecule has 0 bridgehead atoms. The van der Waals surface area contributed by atoms with Crippen LogP contribution in [0.2, 0.25) is 0 Å². The van der Waals surface area contributed by atoms with E-state index in [1.54, 1.807) is 0 Å². The molecule has 0 aliphatic rings. The Balaban J connectivity index is 1.75. The van der Waals surface area contributed by atoms with Crippen LogP contribution in [-0.2, 0) is 6.42 Å². The van der Waals surface area contributed by atoms with Gasteiger partial charge in [0.2, 0.25) is 0 Å². The van der Waals surface area contributed by atoms with Gasteiger partial charge in [0.25, 0.3) is 5.19 Å². The summed E-state index contributed by atoms with van der Waals surface area (Å²) in [6.07, 6.45) is 3.69. The number of ether oxygens (including phenoxy) is 1. The van der Waals surface area contributed by atoms with Crippen molar-refractivity contribution < 1.29 is 9.13 Å². The smallest absolute Gasteiger partial charge is 0.299 e. The van der Waals surface area contributed by atoms with Crippen LogP contribution in [0.25, 0.3) is 11.4 Å². The van der Waals surface area contributed by atoms with Crippen LogP contribution in [0.4, 0.5) is 4.39 Å². The molecule has 1 aromatic carbocycles. The van der Waals surface area contributed by atoms with Crippen LogP contribution in [0.3, 0.4) is 0 Å². The van der Waals surface area contributed by atoms with Gasteiger partial charge in [0.15, 0.2) is 5.82 Å². The maximum absolute atomic E-state index is 13.3. The standard InChI is InChI=1S/C20H23FN4OS/c1-5-25(4)7-6-15-8-14(3)18(9-13(15)2)26-20-23-19(24-27-20)16-10-17(21)12-22-11-16/h8-12H,5-7H2,1-4H3. The third-order valence-corrected chi connectivity index (χ3v) is 5.10. The molecule has 0 amide bonds. The first-order valence-corrected chi connectivity index (χ1v) is 9.64. The van der Waals surface area contributed by atoms with Crippen molar-refractivity contribution >= 4 is 11.5 Å². The number of aromatic nitrogens is 3. The van der Waals surface area contributed by atoms with Gasteiger partial charge in [0.05, 0.1) is 6.20 Å².